The topological polar surface area (TPSA) is 34.1 Å². The summed E-state index contributed by atoms with van der Waals surface area (Å²) in [7, 11) is 3.43. The molecule has 1 N–H and O–H groups in total. The molecule has 1 aromatic heterocycles. The molecule has 3 rings (SSSR count). The molecular weight excluding hydrogens is 267 g/mol. The van der Waals surface area contributed by atoms with Crippen LogP contribution in [-0.2, 0) is 6.42 Å². The normalized spacial score (nSPS) is 18.3. The number of nitrogens with zero attached hydrogens (tertiary/aromatic N) is 1. The monoisotopic (exact) mass is 286 g/mol. The molecule has 0 bridgehead atoms. The summed E-state index contributed by atoms with van der Waals surface area (Å²) in [6.45, 7) is 0. The number of ether oxygens (including phenoxy) is 1. The van der Waals surface area contributed by atoms with E-state index in [0.29, 0.717) is 11.3 Å². The van der Waals surface area contributed by atoms with Crippen LogP contribution in [0.4, 0.5) is 4.39 Å². The maximum Gasteiger partial charge on any atom is 0.131 e. The van der Waals surface area contributed by atoms with Gasteiger partial charge in [-0.2, -0.15) is 0 Å². The van der Waals surface area contributed by atoms with Gasteiger partial charge in [-0.1, -0.05) is 12.1 Å². The van der Waals surface area contributed by atoms with Crippen molar-refractivity contribution < 1.29 is 9.13 Å². The van der Waals surface area contributed by atoms with Crippen molar-refractivity contribution in [2.24, 2.45) is 0 Å². The van der Waals surface area contributed by atoms with E-state index in [1.807, 2.05) is 19.3 Å². The van der Waals surface area contributed by atoms with Gasteiger partial charge in [0.2, 0.25) is 0 Å². The molecule has 0 saturated heterocycles. The number of pyridine rings is 1. The van der Waals surface area contributed by atoms with Crippen LogP contribution in [-0.4, -0.2) is 19.1 Å². The Kier molecular flexibility index (Phi) is 3.88. The number of rotatable bonds is 4. The standard InChI is InChI=1S/C17H19FN2O/c1-19-17(15-13(18)6-3-7-14(15)21-2)12-9-8-11-5-4-10-20-16(11)12/h3-7,10,12,17,19H,8-9H2,1-2H3. The van der Waals surface area contributed by atoms with Crippen molar-refractivity contribution in [2.45, 2.75) is 24.8 Å². The van der Waals surface area contributed by atoms with E-state index in [2.05, 4.69) is 16.4 Å². The molecule has 0 spiro atoms. The first-order valence-corrected chi connectivity index (χ1v) is 7.19. The van der Waals surface area contributed by atoms with Crippen LogP contribution in [0, 0.1) is 5.82 Å². The van der Waals surface area contributed by atoms with Gasteiger partial charge in [0.25, 0.3) is 0 Å². The molecular formula is C17H19FN2O. The molecule has 1 aromatic carbocycles. The molecule has 110 valence electrons. The number of hydrogen-bond donors (Lipinski definition) is 1. The minimum Gasteiger partial charge on any atom is -0.496 e. The molecule has 0 fully saturated rings. The molecule has 21 heavy (non-hydrogen) atoms. The van der Waals surface area contributed by atoms with Gasteiger partial charge in [0, 0.05) is 29.4 Å². The van der Waals surface area contributed by atoms with Crippen LogP contribution in [0.1, 0.15) is 35.2 Å². The lowest BCUT2D eigenvalue weighted by Gasteiger charge is -2.25. The number of aryl methyl sites for hydroxylation is 1. The van der Waals surface area contributed by atoms with E-state index in [9.17, 15) is 4.39 Å². The molecule has 0 saturated carbocycles. The molecule has 2 atom stereocenters. The first-order valence-electron chi connectivity index (χ1n) is 7.19. The number of likely N-dealkylation sites (N-methyl/N-ethyl adjacent to an activating group) is 1. The van der Waals surface area contributed by atoms with Gasteiger partial charge in [-0.3, -0.25) is 4.98 Å². The average molecular weight is 286 g/mol. The van der Waals surface area contributed by atoms with E-state index in [1.54, 1.807) is 19.2 Å². The fourth-order valence-corrected chi connectivity index (χ4v) is 3.31. The van der Waals surface area contributed by atoms with Crippen molar-refractivity contribution in [2.75, 3.05) is 14.2 Å². The van der Waals surface area contributed by atoms with E-state index < -0.39 is 0 Å². The van der Waals surface area contributed by atoms with Gasteiger partial charge < -0.3 is 10.1 Å². The number of nitrogens with one attached hydrogen (secondary N) is 1. The predicted octanol–water partition coefficient (Wildman–Crippen LogP) is 3.22. The van der Waals surface area contributed by atoms with Crippen LogP contribution in [0.2, 0.25) is 0 Å². The zero-order chi connectivity index (χ0) is 14.8. The van der Waals surface area contributed by atoms with Crippen LogP contribution < -0.4 is 10.1 Å². The summed E-state index contributed by atoms with van der Waals surface area (Å²) in [5, 5.41) is 3.26. The summed E-state index contributed by atoms with van der Waals surface area (Å²) in [5.41, 5.74) is 2.92. The number of hydrogen-bond acceptors (Lipinski definition) is 3. The lowest BCUT2D eigenvalue weighted by molar-refractivity contribution is 0.378. The summed E-state index contributed by atoms with van der Waals surface area (Å²) in [5.74, 6) is 0.508. The van der Waals surface area contributed by atoms with Crippen molar-refractivity contribution in [3.05, 3.63) is 59.2 Å². The summed E-state index contributed by atoms with van der Waals surface area (Å²) < 4.78 is 19.7. The summed E-state index contributed by atoms with van der Waals surface area (Å²) in [4.78, 5) is 4.52. The fraction of sp³-hybridized carbons (Fsp3) is 0.353. The highest BCUT2D eigenvalue weighted by Gasteiger charge is 2.34. The quantitative estimate of drug-likeness (QED) is 0.937. The highest BCUT2D eigenvalue weighted by molar-refractivity contribution is 5.41. The molecule has 1 aliphatic rings. The van der Waals surface area contributed by atoms with E-state index in [0.717, 1.165) is 18.5 Å². The van der Waals surface area contributed by atoms with Gasteiger partial charge in [-0.25, -0.2) is 4.39 Å². The highest BCUT2D eigenvalue weighted by atomic mass is 19.1. The van der Waals surface area contributed by atoms with Gasteiger partial charge in [-0.05, 0) is 43.7 Å². The highest BCUT2D eigenvalue weighted by Crippen LogP contribution is 2.43. The second kappa shape index (κ2) is 5.82. The Morgan fingerprint density at radius 3 is 2.95 bits per heavy atom. The van der Waals surface area contributed by atoms with Crippen molar-refractivity contribution in [1.29, 1.82) is 0 Å². The zero-order valence-electron chi connectivity index (χ0n) is 12.3. The third-order valence-electron chi connectivity index (χ3n) is 4.26. The summed E-state index contributed by atoms with van der Waals surface area (Å²) in [6.07, 6.45) is 3.76. The Morgan fingerprint density at radius 2 is 2.19 bits per heavy atom. The molecule has 0 radical (unpaired) electrons. The second-order valence-corrected chi connectivity index (χ2v) is 5.32. The first kappa shape index (κ1) is 14.0. The number of methoxy groups -OCH3 is 1. The van der Waals surface area contributed by atoms with E-state index in [4.69, 9.17) is 4.74 Å². The minimum atomic E-state index is -0.238. The molecule has 2 unspecified atom stereocenters. The molecule has 0 aliphatic heterocycles. The Hall–Kier alpha value is -1.94. The predicted molar refractivity (Wildman–Crippen MR) is 80.1 cm³/mol. The van der Waals surface area contributed by atoms with Crippen LogP contribution in [0.25, 0.3) is 0 Å². The molecule has 1 aliphatic carbocycles. The van der Waals surface area contributed by atoms with Crippen LogP contribution in [0.5, 0.6) is 5.75 Å². The van der Waals surface area contributed by atoms with Crippen LogP contribution in [0.15, 0.2) is 36.5 Å². The van der Waals surface area contributed by atoms with Crippen LogP contribution >= 0.6 is 0 Å². The number of benzene rings is 1. The van der Waals surface area contributed by atoms with Gasteiger partial charge in [-0.15, -0.1) is 0 Å². The minimum absolute atomic E-state index is 0.141. The third-order valence-corrected chi connectivity index (χ3v) is 4.26. The molecule has 1 heterocycles. The second-order valence-electron chi connectivity index (χ2n) is 5.32. The SMILES string of the molecule is CNC(c1c(F)cccc1OC)C1CCc2cccnc21. The average Bonchev–Trinajstić information content (AvgIpc) is 2.94. The number of fused-ring (bicyclic) bond motifs is 1. The lowest BCUT2D eigenvalue weighted by Crippen LogP contribution is -2.25. The molecule has 0 amide bonds. The third kappa shape index (κ3) is 2.40. The fourth-order valence-electron chi connectivity index (χ4n) is 3.31. The molecule has 4 heteroatoms. The molecule has 2 aromatic rings. The zero-order valence-corrected chi connectivity index (χ0v) is 12.3. The Balaban J connectivity index is 2.05. The van der Waals surface area contributed by atoms with Gasteiger partial charge in [0.05, 0.1) is 7.11 Å². The maximum absolute atomic E-state index is 14.4. The Labute approximate surface area is 124 Å². The first-order chi connectivity index (χ1) is 10.3. The van der Waals surface area contributed by atoms with E-state index in [-0.39, 0.29) is 17.8 Å². The summed E-state index contributed by atoms with van der Waals surface area (Å²) >= 11 is 0. The Morgan fingerprint density at radius 1 is 1.33 bits per heavy atom. The number of aromatic nitrogens is 1. The largest absolute Gasteiger partial charge is 0.496 e. The van der Waals surface area contributed by atoms with Crippen molar-refractivity contribution in [3.63, 3.8) is 0 Å². The lowest BCUT2D eigenvalue weighted by atomic mass is 9.90. The van der Waals surface area contributed by atoms with Gasteiger partial charge in [0.1, 0.15) is 11.6 Å². The number of halogens is 1. The Bertz CT molecular complexity index is 644. The smallest absolute Gasteiger partial charge is 0.131 e. The molecule has 3 nitrogen and oxygen atoms in total. The summed E-state index contributed by atoms with van der Waals surface area (Å²) in [6, 6.07) is 8.88. The van der Waals surface area contributed by atoms with E-state index in [1.165, 1.54) is 11.6 Å². The maximum atomic E-state index is 14.4. The van der Waals surface area contributed by atoms with Crippen molar-refractivity contribution >= 4 is 0 Å². The van der Waals surface area contributed by atoms with Gasteiger partial charge >= 0.3 is 0 Å². The van der Waals surface area contributed by atoms with Crippen LogP contribution in [0.3, 0.4) is 0 Å². The van der Waals surface area contributed by atoms with Crippen molar-refractivity contribution in [1.82, 2.24) is 10.3 Å². The van der Waals surface area contributed by atoms with E-state index >= 15 is 0 Å². The van der Waals surface area contributed by atoms with Crippen molar-refractivity contribution in [3.8, 4) is 5.75 Å². The van der Waals surface area contributed by atoms with Gasteiger partial charge in [0.15, 0.2) is 0 Å².